The Kier molecular flexibility index (Phi) is 5.94. The van der Waals surface area contributed by atoms with Gasteiger partial charge in [0.25, 0.3) is 0 Å². The van der Waals surface area contributed by atoms with Gasteiger partial charge in [-0.15, -0.1) is 11.3 Å². The molecule has 0 aromatic carbocycles. The second-order valence-electron chi connectivity index (χ2n) is 4.90. The van der Waals surface area contributed by atoms with E-state index in [9.17, 15) is 9.59 Å². The molecule has 6 nitrogen and oxygen atoms in total. The minimum atomic E-state index is -0.904. The van der Waals surface area contributed by atoms with E-state index in [1.54, 1.807) is 0 Å². The van der Waals surface area contributed by atoms with Crippen LogP contribution in [0.4, 0.5) is 9.93 Å². The van der Waals surface area contributed by atoms with Crippen molar-refractivity contribution in [2.45, 2.75) is 34.1 Å². The Labute approximate surface area is 122 Å². The molecule has 20 heavy (non-hydrogen) atoms. The zero-order valence-corrected chi connectivity index (χ0v) is 13.0. The van der Waals surface area contributed by atoms with Crippen molar-refractivity contribution in [1.29, 1.82) is 0 Å². The van der Waals surface area contributed by atoms with E-state index in [4.69, 9.17) is 5.11 Å². The first-order chi connectivity index (χ1) is 9.35. The summed E-state index contributed by atoms with van der Waals surface area (Å²) in [7, 11) is 0. The summed E-state index contributed by atoms with van der Waals surface area (Å²) in [6, 6.07) is -0.423. The van der Waals surface area contributed by atoms with Crippen LogP contribution in [0.5, 0.6) is 0 Å². The number of rotatable bonds is 6. The quantitative estimate of drug-likeness (QED) is 0.752. The van der Waals surface area contributed by atoms with Crippen LogP contribution >= 0.6 is 11.3 Å². The van der Waals surface area contributed by atoms with Crippen molar-refractivity contribution in [2.24, 2.45) is 11.8 Å². The smallest absolute Gasteiger partial charge is 0.321 e. The zero-order chi connectivity index (χ0) is 15.3. The number of carbonyl (C=O) groups is 2. The molecule has 7 heteroatoms. The number of carboxylic acid groups (broad SMARTS) is 1. The number of aromatic nitrogens is 1. The van der Waals surface area contributed by atoms with Crippen molar-refractivity contribution >= 4 is 28.5 Å². The van der Waals surface area contributed by atoms with Crippen LogP contribution in [-0.4, -0.2) is 28.6 Å². The molecule has 0 spiro atoms. The molecule has 1 rings (SSSR count). The maximum atomic E-state index is 11.7. The Hall–Kier alpha value is -1.63. The number of aliphatic carboxylic acids is 1. The number of anilines is 1. The SMILES string of the molecule is CCc1nc(NC(=O)NCC(C(=O)O)C(C)C)sc1C. The molecule has 112 valence electrons. The van der Waals surface area contributed by atoms with Crippen LogP contribution in [0.1, 0.15) is 31.3 Å². The maximum Gasteiger partial charge on any atom is 0.321 e. The lowest BCUT2D eigenvalue weighted by molar-refractivity contribution is -0.142. The van der Waals surface area contributed by atoms with Crippen molar-refractivity contribution in [2.75, 3.05) is 11.9 Å². The van der Waals surface area contributed by atoms with E-state index in [0.717, 1.165) is 17.0 Å². The molecule has 2 amide bonds. The molecule has 1 unspecified atom stereocenters. The van der Waals surface area contributed by atoms with Crippen LogP contribution in [0.15, 0.2) is 0 Å². The van der Waals surface area contributed by atoms with E-state index < -0.39 is 17.9 Å². The third-order valence-corrected chi connectivity index (χ3v) is 3.98. The van der Waals surface area contributed by atoms with E-state index in [0.29, 0.717) is 5.13 Å². The average molecular weight is 299 g/mol. The number of aryl methyl sites for hydroxylation is 2. The summed E-state index contributed by atoms with van der Waals surface area (Å²) in [6.45, 7) is 7.70. The highest BCUT2D eigenvalue weighted by Crippen LogP contribution is 2.22. The third kappa shape index (κ3) is 4.48. The molecular formula is C13H21N3O3S. The van der Waals surface area contributed by atoms with E-state index >= 15 is 0 Å². The van der Waals surface area contributed by atoms with Crippen LogP contribution in [0, 0.1) is 18.8 Å². The fourth-order valence-corrected chi connectivity index (χ4v) is 2.66. The Bertz CT molecular complexity index is 485. The summed E-state index contributed by atoms with van der Waals surface area (Å²) < 4.78 is 0. The molecule has 0 aliphatic rings. The number of hydrogen-bond donors (Lipinski definition) is 3. The molecule has 0 aliphatic carbocycles. The highest BCUT2D eigenvalue weighted by molar-refractivity contribution is 7.15. The van der Waals surface area contributed by atoms with Gasteiger partial charge in [0.15, 0.2) is 5.13 Å². The van der Waals surface area contributed by atoms with Crippen LogP contribution in [0.25, 0.3) is 0 Å². The third-order valence-electron chi connectivity index (χ3n) is 3.05. The Morgan fingerprint density at radius 3 is 2.50 bits per heavy atom. The summed E-state index contributed by atoms with van der Waals surface area (Å²) >= 11 is 1.41. The van der Waals surface area contributed by atoms with E-state index in [2.05, 4.69) is 15.6 Å². The van der Waals surface area contributed by atoms with Crippen molar-refractivity contribution in [3.05, 3.63) is 10.6 Å². The number of carboxylic acids is 1. The Morgan fingerprint density at radius 1 is 1.40 bits per heavy atom. The number of amides is 2. The van der Waals surface area contributed by atoms with E-state index in [1.807, 2.05) is 27.7 Å². The van der Waals surface area contributed by atoms with Crippen molar-refractivity contribution in [3.63, 3.8) is 0 Å². The van der Waals surface area contributed by atoms with Gasteiger partial charge in [0, 0.05) is 11.4 Å². The van der Waals surface area contributed by atoms with Gasteiger partial charge in [0.1, 0.15) is 0 Å². The lowest BCUT2D eigenvalue weighted by Gasteiger charge is -2.16. The zero-order valence-electron chi connectivity index (χ0n) is 12.2. The standard InChI is InChI=1S/C13H21N3O3S/c1-5-10-8(4)20-13(15-10)16-12(19)14-6-9(7(2)3)11(17)18/h7,9H,5-6H2,1-4H3,(H,17,18)(H2,14,15,16,19). The van der Waals surface area contributed by atoms with Gasteiger partial charge in [-0.1, -0.05) is 20.8 Å². The van der Waals surface area contributed by atoms with Gasteiger partial charge in [-0.05, 0) is 19.3 Å². The first kappa shape index (κ1) is 16.4. The topological polar surface area (TPSA) is 91.3 Å². The lowest BCUT2D eigenvalue weighted by atomic mass is 9.96. The number of urea groups is 1. The van der Waals surface area contributed by atoms with Gasteiger partial charge in [0.2, 0.25) is 0 Å². The van der Waals surface area contributed by atoms with Gasteiger partial charge in [-0.2, -0.15) is 0 Å². The van der Waals surface area contributed by atoms with Crippen molar-refractivity contribution in [1.82, 2.24) is 10.3 Å². The molecular weight excluding hydrogens is 278 g/mol. The minimum Gasteiger partial charge on any atom is -0.481 e. The van der Waals surface area contributed by atoms with Gasteiger partial charge in [0.05, 0.1) is 11.6 Å². The highest BCUT2D eigenvalue weighted by Gasteiger charge is 2.22. The molecule has 0 bridgehead atoms. The molecule has 0 fully saturated rings. The van der Waals surface area contributed by atoms with Crippen LogP contribution < -0.4 is 10.6 Å². The molecule has 0 saturated heterocycles. The Morgan fingerprint density at radius 2 is 2.05 bits per heavy atom. The second-order valence-corrected chi connectivity index (χ2v) is 6.10. The van der Waals surface area contributed by atoms with E-state index in [1.165, 1.54) is 11.3 Å². The first-order valence-corrected chi connectivity index (χ1v) is 7.40. The molecule has 1 aromatic heterocycles. The summed E-state index contributed by atoms with van der Waals surface area (Å²) in [5.41, 5.74) is 0.968. The average Bonchev–Trinajstić information content (AvgIpc) is 2.68. The molecule has 1 aromatic rings. The Balaban J connectivity index is 2.53. The highest BCUT2D eigenvalue weighted by atomic mass is 32.1. The second kappa shape index (κ2) is 7.23. The predicted molar refractivity (Wildman–Crippen MR) is 79.2 cm³/mol. The molecule has 1 heterocycles. The van der Waals surface area contributed by atoms with Gasteiger partial charge < -0.3 is 10.4 Å². The molecule has 0 aliphatic heterocycles. The molecule has 0 saturated carbocycles. The van der Waals surface area contributed by atoms with Gasteiger partial charge >= 0.3 is 12.0 Å². The maximum absolute atomic E-state index is 11.7. The number of nitrogens with one attached hydrogen (secondary N) is 2. The largest absolute Gasteiger partial charge is 0.481 e. The fourth-order valence-electron chi connectivity index (χ4n) is 1.76. The fraction of sp³-hybridized carbons (Fsp3) is 0.615. The lowest BCUT2D eigenvalue weighted by Crippen LogP contribution is -2.37. The summed E-state index contributed by atoms with van der Waals surface area (Å²) in [4.78, 5) is 28.1. The van der Waals surface area contributed by atoms with Crippen molar-refractivity contribution < 1.29 is 14.7 Å². The first-order valence-electron chi connectivity index (χ1n) is 6.59. The number of carbonyl (C=O) groups excluding carboxylic acids is 1. The molecule has 3 N–H and O–H groups in total. The number of nitrogens with zero attached hydrogens (tertiary/aromatic N) is 1. The monoisotopic (exact) mass is 299 g/mol. The van der Waals surface area contributed by atoms with Gasteiger partial charge in [-0.25, -0.2) is 9.78 Å². The van der Waals surface area contributed by atoms with Crippen LogP contribution in [0.2, 0.25) is 0 Å². The van der Waals surface area contributed by atoms with Gasteiger partial charge in [-0.3, -0.25) is 10.1 Å². The molecule has 1 atom stereocenters. The normalized spacial score (nSPS) is 12.2. The van der Waals surface area contributed by atoms with E-state index in [-0.39, 0.29) is 12.5 Å². The number of hydrogen-bond acceptors (Lipinski definition) is 4. The summed E-state index contributed by atoms with van der Waals surface area (Å²) in [6.07, 6.45) is 0.820. The number of thiazole rings is 1. The summed E-state index contributed by atoms with van der Waals surface area (Å²) in [5, 5.41) is 14.8. The minimum absolute atomic E-state index is 0.0402. The van der Waals surface area contributed by atoms with Crippen molar-refractivity contribution in [3.8, 4) is 0 Å². The predicted octanol–water partition coefficient (Wildman–Crippen LogP) is 2.49. The van der Waals surface area contributed by atoms with Crippen LogP contribution in [0.3, 0.4) is 0 Å². The molecule has 0 radical (unpaired) electrons. The van der Waals surface area contributed by atoms with Crippen LogP contribution in [-0.2, 0) is 11.2 Å². The summed E-state index contributed by atoms with van der Waals surface area (Å²) in [5.74, 6) is -1.54.